The van der Waals surface area contributed by atoms with E-state index in [4.69, 9.17) is 0 Å². The first kappa shape index (κ1) is 15.4. The van der Waals surface area contributed by atoms with E-state index >= 15 is 0 Å². The molecule has 2 amide bonds. The topological polar surface area (TPSA) is 37.4 Å². The van der Waals surface area contributed by atoms with Crippen LogP contribution in [-0.4, -0.2) is 11.8 Å². The van der Waals surface area contributed by atoms with Crippen molar-refractivity contribution < 1.29 is 9.59 Å². The molecule has 0 saturated carbocycles. The van der Waals surface area contributed by atoms with Crippen LogP contribution in [0.25, 0.3) is 0 Å². The molecule has 0 unspecified atom stereocenters. The molecule has 0 fully saturated rings. The largest absolute Gasteiger partial charge is 0.268 e. The standard InChI is InChI=1S/C14H5Br4NO2/c15-9-7-8(10(16)12(18)11(9)17)14(21)19(13(7)20)6-4-2-1-3-5-6/h1-5H. The van der Waals surface area contributed by atoms with Crippen molar-refractivity contribution in [2.75, 3.05) is 4.90 Å². The summed E-state index contributed by atoms with van der Waals surface area (Å²) in [6, 6.07) is 8.87. The van der Waals surface area contributed by atoms with Gasteiger partial charge in [0.25, 0.3) is 11.8 Å². The zero-order valence-corrected chi connectivity index (χ0v) is 16.5. The Morgan fingerprint density at radius 3 is 1.52 bits per heavy atom. The Kier molecular flexibility index (Phi) is 4.11. The first-order valence-electron chi connectivity index (χ1n) is 5.75. The summed E-state index contributed by atoms with van der Waals surface area (Å²) in [5.41, 5.74) is 1.26. The lowest BCUT2D eigenvalue weighted by atomic mass is 10.1. The van der Waals surface area contributed by atoms with Gasteiger partial charge in [0.1, 0.15) is 0 Å². The number of anilines is 1. The summed E-state index contributed by atoms with van der Waals surface area (Å²) in [5, 5.41) is 0. The molecule has 0 bridgehead atoms. The predicted molar refractivity (Wildman–Crippen MR) is 94.8 cm³/mol. The van der Waals surface area contributed by atoms with E-state index in [0.29, 0.717) is 34.7 Å². The van der Waals surface area contributed by atoms with Crippen LogP contribution in [0.4, 0.5) is 5.69 Å². The Hall–Kier alpha value is -0.500. The number of amides is 2. The second kappa shape index (κ2) is 5.61. The van der Waals surface area contributed by atoms with Crippen LogP contribution in [0.2, 0.25) is 0 Å². The van der Waals surface area contributed by atoms with Crippen molar-refractivity contribution in [1.29, 1.82) is 0 Å². The number of rotatable bonds is 1. The molecule has 0 aromatic heterocycles. The number of para-hydroxylation sites is 1. The minimum atomic E-state index is -0.345. The molecule has 1 aliphatic heterocycles. The van der Waals surface area contributed by atoms with E-state index in [-0.39, 0.29) is 11.8 Å². The lowest BCUT2D eigenvalue weighted by Crippen LogP contribution is -2.29. The van der Waals surface area contributed by atoms with Gasteiger partial charge in [-0.15, -0.1) is 0 Å². The quantitative estimate of drug-likeness (QED) is 0.272. The van der Waals surface area contributed by atoms with Crippen molar-refractivity contribution in [3.63, 3.8) is 0 Å². The summed E-state index contributed by atoms with van der Waals surface area (Å²) in [6.07, 6.45) is 0. The number of carbonyl (C=O) groups excluding carboxylic acids is 2. The molecule has 0 aliphatic carbocycles. The maximum Gasteiger partial charge on any atom is 0.267 e. The molecular formula is C14H5Br4NO2. The molecular weight excluding hydrogens is 534 g/mol. The smallest absolute Gasteiger partial charge is 0.267 e. The minimum absolute atomic E-state index is 0.345. The number of benzene rings is 2. The average Bonchev–Trinajstić information content (AvgIpc) is 2.75. The molecule has 0 radical (unpaired) electrons. The number of hydrogen-bond acceptors (Lipinski definition) is 2. The summed E-state index contributed by atoms with van der Waals surface area (Å²) < 4.78 is 2.49. The van der Waals surface area contributed by atoms with Crippen LogP contribution >= 0.6 is 63.7 Å². The van der Waals surface area contributed by atoms with E-state index in [1.165, 1.54) is 4.90 Å². The second-order valence-electron chi connectivity index (χ2n) is 4.29. The molecule has 2 aromatic carbocycles. The van der Waals surface area contributed by atoms with Crippen molar-refractivity contribution in [3.05, 3.63) is 59.3 Å². The first-order valence-corrected chi connectivity index (χ1v) is 8.92. The normalized spacial score (nSPS) is 13.8. The van der Waals surface area contributed by atoms with Crippen molar-refractivity contribution >= 4 is 81.2 Å². The van der Waals surface area contributed by atoms with E-state index < -0.39 is 0 Å². The number of nitrogens with zero attached hydrogens (tertiary/aromatic N) is 1. The van der Waals surface area contributed by atoms with Crippen LogP contribution in [0.5, 0.6) is 0 Å². The van der Waals surface area contributed by atoms with Crippen LogP contribution in [0.15, 0.2) is 48.2 Å². The highest BCUT2D eigenvalue weighted by Gasteiger charge is 2.41. The van der Waals surface area contributed by atoms with E-state index in [2.05, 4.69) is 63.7 Å². The van der Waals surface area contributed by atoms with Gasteiger partial charge in [0, 0.05) is 17.9 Å². The molecule has 0 spiro atoms. The van der Waals surface area contributed by atoms with Gasteiger partial charge in [-0.3, -0.25) is 9.59 Å². The van der Waals surface area contributed by atoms with Crippen LogP contribution in [0.1, 0.15) is 20.7 Å². The highest BCUT2D eigenvalue weighted by atomic mass is 79.9. The van der Waals surface area contributed by atoms with Crippen molar-refractivity contribution in [2.24, 2.45) is 0 Å². The molecule has 21 heavy (non-hydrogen) atoms. The van der Waals surface area contributed by atoms with Gasteiger partial charge in [-0.05, 0) is 75.9 Å². The predicted octanol–water partition coefficient (Wildman–Crippen LogP) is 5.54. The van der Waals surface area contributed by atoms with E-state index in [0.717, 1.165) is 0 Å². The molecule has 0 N–H and O–H groups in total. The lowest BCUT2D eigenvalue weighted by molar-refractivity contribution is 0.0926. The third-order valence-corrected chi connectivity index (χ3v) is 7.88. The number of imide groups is 1. The highest BCUT2D eigenvalue weighted by molar-refractivity contribution is 9.15. The van der Waals surface area contributed by atoms with Crippen LogP contribution < -0.4 is 4.90 Å². The van der Waals surface area contributed by atoms with Crippen LogP contribution in [0, 0.1) is 0 Å². The molecule has 1 heterocycles. The maximum absolute atomic E-state index is 12.7. The Labute approximate surface area is 154 Å². The highest BCUT2D eigenvalue weighted by Crippen LogP contribution is 2.45. The summed E-state index contributed by atoms with van der Waals surface area (Å²) >= 11 is 13.6. The second-order valence-corrected chi connectivity index (χ2v) is 7.46. The average molecular weight is 539 g/mol. The number of halogens is 4. The maximum atomic E-state index is 12.7. The minimum Gasteiger partial charge on any atom is -0.268 e. The molecule has 106 valence electrons. The van der Waals surface area contributed by atoms with Gasteiger partial charge in [0.2, 0.25) is 0 Å². The van der Waals surface area contributed by atoms with Crippen LogP contribution in [0.3, 0.4) is 0 Å². The number of hydrogen-bond donors (Lipinski definition) is 0. The number of fused-ring (bicyclic) bond motifs is 1. The van der Waals surface area contributed by atoms with Crippen LogP contribution in [-0.2, 0) is 0 Å². The van der Waals surface area contributed by atoms with Gasteiger partial charge in [-0.2, -0.15) is 0 Å². The van der Waals surface area contributed by atoms with E-state index in [9.17, 15) is 9.59 Å². The fraction of sp³-hybridized carbons (Fsp3) is 0. The molecule has 1 aliphatic rings. The Bertz CT molecular complexity index is 743. The summed E-state index contributed by atoms with van der Waals surface area (Å²) in [7, 11) is 0. The summed E-state index contributed by atoms with van der Waals surface area (Å²) in [6.45, 7) is 0. The van der Waals surface area contributed by atoms with E-state index in [1.807, 2.05) is 6.07 Å². The molecule has 3 rings (SSSR count). The summed E-state index contributed by atoms with van der Waals surface area (Å²) in [4.78, 5) is 26.5. The number of carbonyl (C=O) groups is 2. The summed E-state index contributed by atoms with van der Waals surface area (Å²) in [5.74, 6) is -0.691. The Morgan fingerprint density at radius 1 is 0.667 bits per heavy atom. The van der Waals surface area contributed by atoms with Crippen molar-refractivity contribution in [2.45, 2.75) is 0 Å². The molecule has 0 atom stereocenters. The van der Waals surface area contributed by atoms with Crippen molar-refractivity contribution in [3.8, 4) is 0 Å². The molecule has 3 nitrogen and oxygen atoms in total. The van der Waals surface area contributed by atoms with E-state index in [1.54, 1.807) is 24.3 Å². The zero-order chi connectivity index (χ0) is 15.3. The molecule has 7 heteroatoms. The fourth-order valence-electron chi connectivity index (χ4n) is 2.16. The zero-order valence-electron chi connectivity index (χ0n) is 10.2. The molecule has 2 aromatic rings. The SMILES string of the molecule is O=C1c2c(Br)c(Br)c(Br)c(Br)c2C(=O)N1c1ccccc1. The van der Waals surface area contributed by atoms with Gasteiger partial charge in [0.05, 0.1) is 16.8 Å². The van der Waals surface area contributed by atoms with Crippen molar-refractivity contribution in [1.82, 2.24) is 0 Å². The van der Waals surface area contributed by atoms with Gasteiger partial charge in [-0.25, -0.2) is 4.90 Å². The van der Waals surface area contributed by atoms with Gasteiger partial charge < -0.3 is 0 Å². The Morgan fingerprint density at radius 2 is 1.10 bits per heavy atom. The lowest BCUT2D eigenvalue weighted by Gasteiger charge is -2.13. The van der Waals surface area contributed by atoms with Gasteiger partial charge >= 0.3 is 0 Å². The monoisotopic (exact) mass is 535 g/mol. The third-order valence-electron chi connectivity index (χ3n) is 3.12. The van der Waals surface area contributed by atoms with Gasteiger partial charge in [0.15, 0.2) is 0 Å². The Balaban J connectivity index is 2.27. The molecule has 0 saturated heterocycles. The first-order chi connectivity index (χ1) is 9.95. The third kappa shape index (κ3) is 2.25. The fourth-order valence-corrected chi connectivity index (χ4v) is 4.62. The van der Waals surface area contributed by atoms with Gasteiger partial charge in [-0.1, -0.05) is 18.2 Å².